The Kier molecular flexibility index (Phi) is 4.53. The van der Waals surface area contributed by atoms with Crippen LogP contribution in [0.25, 0.3) is 0 Å². The average molecular weight is 264 g/mol. The highest BCUT2D eigenvalue weighted by atomic mass is 16.4. The lowest BCUT2D eigenvalue weighted by Gasteiger charge is -2.26. The van der Waals surface area contributed by atoms with E-state index in [1.54, 1.807) is 26.0 Å². The van der Waals surface area contributed by atoms with Crippen LogP contribution in [-0.2, 0) is 4.79 Å². The van der Waals surface area contributed by atoms with E-state index < -0.39 is 11.5 Å². The van der Waals surface area contributed by atoms with E-state index in [0.717, 1.165) is 5.56 Å². The van der Waals surface area contributed by atoms with E-state index in [4.69, 9.17) is 10.8 Å². The van der Waals surface area contributed by atoms with Crippen molar-refractivity contribution in [3.63, 3.8) is 0 Å². The molecule has 104 valence electrons. The molecule has 0 aliphatic rings. The second kappa shape index (κ2) is 5.73. The van der Waals surface area contributed by atoms with Crippen LogP contribution in [0.3, 0.4) is 0 Å². The lowest BCUT2D eigenvalue weighted by molar-refractivity contribution is -0.137. The number of benzene rings is 1. The first-order valence-corrected chi connectivity index (χ1v) is 6.12. The van der Waals surface area contributed by atoms with Crippen LogP contribution >= 0.6 is 0 Å². The van der Waals surface area contributed by atoms with Gasteiger partial charge in [0, 0.05) is 17.6 Å². The van der Waals surface area contributed by atoms with Crippen LogP contribution < -0.4 is 11.1 Å². The Hall–Kier alpha value is -2.04. The normalized spacial score (nSPS) is 11.1. The second-order valence-electron chi connectivity index (χ2n) is 5.32. The maximum atomic E-state index is 12.1. The summed E-state index contributed by atoms with van der Waals surface area (Å²) in [6, 6.07) is 5.24. The SMILES string of the molecule is Cc1ccc(N)c(C(=O)NC(C)(C)CCC(=O)O)c1. The fraction of sp³-hybridized carbons (Fsp3) is 0.429. The number of carboxylic acids is 1. The molecular formula is C14H20N2O3. The highest BCUT2D eigenvalue weighted by Crippen LogP contribution is 2.17. The zero-order valence-corrected chi connectivity index (χ0v) is 11.5. The number of hydrogen-bond donors (Lipinski definition) is 3. The third kappa shape index (κ3) is 4.62. The Bertz CT molecular complexity index is 495. The van der Waals surface area contributed by atoms with Crippen molar-refractivity contribution in [1.82, 2.24) is 5.32 Å². The molecular weight excluding hydrogens is 244 g/mol. The number of carbonyl (C=O) groups excluding carboxylic acids is 1. The molecule has 0 atom stereocenters. The summed E-state index contributed by atoms with van der Waals surface area (Å²) >= 11 is 0. The number of amides is 1. The molecule has 0 aliphatic carbocycles. The second-order valence-corrected chi connectivity index (χ2v) is 5.32. The molecule has 0 bridgehead atoms. The van der Waals surface area contributed by atoms with Crippen LogP contribution in [0.5, 0.6) is 0 Å². The van der Waals surface area contributed by atoms with E-state index in [1.165, 1.54) is 0 Å². The Balaban J connectivity index is 2.78. The molecule has 1 aromatic carbocycles. The van der Waals surface area contributed by atoms with E-state index in [0.29, 0.717) is 17.7 Å². The van der Waals surface area contributed by atoms with E-state index in [9.17, 15) is 9.59 Å². The van der Waals surface area contributed by atoms with Crippen molar-refractivity contribution in [3.05, 3.63) is 29.3 Å². The highest BCUT2D eigenvalue weighted by Gasteiger charge is 2.23. The first kappa shape index (κ1) is 15.0. The van der Waals surface area contributed by atoms with Crippen LogP contribution in [0.1, 0.15) is 42.6 Å². The van der Waals surface area contributed by atoms with Crippen molar-refractivity contribution in [3.8, 4) is 0 Å². The minimum absolute atomic E-state index is 0.0105. The smallest absolute Gasteiger partial charge is 0.303 e. The third-order valence-electron chi connectivity index (χ3n) is 2.87. The number of carbonyl (C=O) groups is 2. The minimum atomic E-state index is -0.877. The van der Waals surface area contributed by atoms with E-state index in [1.807, 2.05) is 13.0 Å². The molecule has 5 nitrogen and oxygen atoms in total. The number of hydrogen-bond acceptors (Lipinski definition) is 3. The molecule has 0 unspecified atom stereocenters. The van der Waals surface area contributed by atoms with Crippen LogP contribution in [0.2, 0.25) is 0 Å². The largest absolute Gasteiger partial charge is 0.481 e. The molecule has 0 saturated carbocycles. The topological polar surface area (TPSA) is 92.4 Å². The van der Waals surface area contributed by atoms with Gasteiger partial charge in [0.2, 0.25) is 0 Å². The molecule has 0 fully saturated rings. The van der Waals surface area contributed by atoms with Crippen molar-refractivity contribution in [1.29, 1.82) is 0 Å². The van der Waals surface area contributed by atoms with Gasteiger partial charge in [0.05, 0.1) is 5.56 Å². The molecule has 0 aromatic heterocycles. The van der Waals surface area contributed by atoms with Crippen molar-refractivity contribution in [2.75, 3.05) is 5.73 Å². The van der Waals surface area contributed by atoms with Crippen molar-refractivity contribution < 1.29 is 14.7 Å². The van der Waals surface area contributed by atoms with Crippen molar-refractivity contribution in [2.24, 2.45) is 0 Å². The summed E-state index contributed by atoms with van der Waals surface area (Å²) in [5, 5.41) is 11.5. The Labute approximate surface area is 112 Å². The summed E-state index contributed by atoms with van der Waals surface area (Å²) in [4.78, 5) is 22.7. The number of aryl methyl sites for hydroxylation is 1. The molecule has 0 aliphatic heterocycles. The molecule has 1 aromatic rings. The third-order valence-corrected chi connectivity index (χ3v) is 2.87. The predicted molar refractivity (Wildman–Crippen MR) is 74.0 cm³/mol. The maximum absolute atomic E-state index is 12.1. The Morgan fingerprint density at radius 1 is 1.37 bits per heavy atom. The Morgan fingerprint density at radius 2 is 2.00 bits per heavy atom. The van der Waals surface area contributed by atoms with Gasteiger partial charge >= 0.3 is 5.97 Å². The van der Waals surface area contributed by atoms with Gasteiger partial charge in [0.25, 0.3) is 5.91 Å². The summed E-state index contributed by atoms with van der Waals surface area (Å²) in [5.74, 6) is -1.16. The lowest BCUT2D eigenvalue weighted by Crippen LogP contribution is -2.43. The number of aliphatic carboxylic acids is 1. The number of carboxylic acid groups (broad SMARTS) is 1. The maximum Gasteiger partial charge on any atom is 0.303 e. The summed E-state index contributed by atoms with van der Waals surface area (Å²) in [5.41, 5.74) is 6.97. The number of anilines is 1. The number of nitrogens with one attached hydrogen (secondary N) is 1. The van der Waals surface area contributed by atoms with E-state index in [-0.39, 0.29) is 12.3 Å². The van der Waals surface area contributed by atoms with Gasteiger partial charge in [-0.1, -0.05) is 11.6 Å². The van der Waals surface area contributed by atoms with Crippen LogP contribution in [0.15, 0.2) is 18.2 Å². The van der Waals surface area contributed by atoms with Crippen LogP contribution in [0.4, 0.5) is 5.69 Å². The van der Waals surface area contributed by atoms with Crippen LogP contribution in [-0.4, -0.2) is 22.5 Å². The van der Waals surface area contributed by atoms with Crippen LogP contribution in [0, 0.1) is 6.92 Å². The number of nitrogens with two attached hydrogens (primary N) is 1. The molecule has 0 spiro atoms. The van der Waals surface area contributed by atoms with Gasteiger partial charge in [0.15, 0.2) is 0 Å². The predicted octanol–water partition coefficient (Wildman–Crippen LogP) is 1.95. The first-order chi connectivity index (χ1) is 8.71. The van der Waals surface area contributed by atoms with Gasteiger partial charge in [-0.25, -0.2) is 0 Å². The van der Waals surface area contributed by atoms with Gasteiger partial charge in [-0.3, -0.25) is 9.59 Å². The van der Waals surface area contributed by atoms with Gasteiger partial charge < -0.3 is 16.2 Å². The molecule has 4 N–H and O–H groups in total. The fourth-order valence-corrected chi connectivity index (χ4v) is 1.72. The van der Waals surface area contributed by atoms with Gasteiger partial charge in [-0.15, -0.1) is 0 Å². The quantitative estimate of drug-likeness (QED) is 0.709. The molecule has 0 saturated heterocycles. The van der Waals surface area contributed by atoms with Gasteiger partial charge in [-0.05, 0) is 39.3 Å². The molecule has 1 amide bonds. The van der Waals surface area contributed by atoms with Gasteiger partial charge in [0.1, 0.15) is 0 Å². The van der Waals surface area contributed by atoms with E-state index >= 15 is 0 Å². The first-order valence-electron chi connectivity index (χ1n) is 6.12. The molecule has 19 heavy (non-hydrogen) atoms. The van der Waals surface area contributed by atoms with E-state index in [2.05, 4.69) is 5.32 Å². The summed E-state index contributed by atoms with van der Waals surface area (Å²) in [6.45, 7) is 5.46. The molecule has 1 rings (SSSR count). The standard InChI is InChI=1S/C14H20N2O3/c1-9-4-5-11(15)10(8-9)13(19)16-14(2,3)7-6-12(17)18/h4-5,8H,6-7,15H2,1-3H3,(H,16,19)(H,17,18). The molecule has 5 heteroatoms. The zero-order valence-electron chi connectivity index (χ0n) is 11.5. The summed E-state index contributed by atoms with van der Waals surface area (Å²) in [6.07, 6.45) is 0.371. The summed E-state index contributed by atoms with van der Waals surface area (Å²) in [7, 11) is 0. The highest BCUT2D eigenvalue weighted by molar-refractivity contribution is 5.99. The molecule has 0 radical (unpaired) electrons. The van der Waals surface area contributed by atoms with Crippen molar-refractivity contribution in [2.45, 2.75) is 39.2 Å². The molecule has 0 heterocycles. The zero-order chi connectivity index (χ0) is 14.6. The number of nitrogen functional groups attached to an aromatic ring is 1. The summed E-state index contributed by atoms with van der Waals surface area (Å²) < 4.78 is 0. The minimum Gasteiger partial charge on any atom is -0.481 e. The number of rotatable bonds is 5. The lowest BCUT2D eigenvalue weighted by atomic mass is 9.97. The van der Waals surface area contributed by atoms with Crippen molar-refractivity contribution >= 4 is 17.6 Å². The fourth-order valence-electron chi connectivity index (χ4n) is 1.72. The van der Waals surface area contributed by atoms with Gasteiger partial charge in [-0.2, -0.15) is 0 Å². The monoisotopic (exact) mass is 264 g/mol. The average Bonchev–Trinajstić information content (AvgIpc) is 2.29. The Morgan fingerprint density at radius 3 is 2.58 bits per heavy atom.